The molecule has 1 fully saturated rings. The normalized spacial score (nSPS) is 16.1. The molecule has 1 saturated heterocycles. The summed E-state index contributed by atoms with van der Waals surface area (Å²) in [5.74, 6) is 2.44. The standard InChI is InChI=1S/C25H32N6O2.HI/c1-26-25(27-16-20-7-4-5-8-24(20)31-11-6-10-28-31)29-21-9-12-30(18-21)17-19-13-22(32-2)15-23(14-19)33-3;/h4-8,10-11,13-15,21H,9,12,16-18H2,1-3H3,(H2,26,27,29);1H. The first-order chi connectivity index (χ1) is 16.2. The molecule has 3 aromatic rings. The van der Waals surface area contributed by atoms with E-state index in [9.17, 15) is 0 Å². The molecule has 34 heavy (non-hydrogen) atoms. The van der Waals surface area contributed by atoms with Crippen LogP contribution in [0.1, 0.15) is 17.5 Å². The fraction of sp³-hybridized carbons (Fsp3) is 0.360. The van der Waals surface area contributed by atoms with E-state index in [4.69, 9.17) is 9.47 Å². The largest absolute Gasteiger partial charge is 0.497 e. The molecule has 4 rings (SSSR count). The van der Waals surface area contributed by atoms with Crippen LogP contribution in [-0.2, 0) is 13.1 Å². The summed E-state index contributed by atoms with van der Waals surface area (Å²) in [6.45, 7) is 3.49. The van der Waals surface area contributed by atoms with Crippen molar-refractivity contribution in [1.82, 2.24) is 25.3 Å². The van der Waals surface area contributed by atoms with Crippen molar-refractivity contribution < 1.29 is 9.47 Å². The number of guanidine groups is 1. The number of hydrogen-bond donors (Lipinski definition) is 2. The minimum absolute atomic E-state index is 0. The topological polar surface area (TPSA) is 75.9 Å². The van der Waals surface area contributed by atoms with Crippen LogP contribution in [0.3, 0.4) is 0 Å². The van der Waals surface area contributed by atoms with E-state index in [0.717, 1.165) is 54.8 Å². The van der Waals surface area contributed by atoms with E-state index in [0.29, 0.717) is 12.6 Å². The average molecular weight is 576 g/mol. The summed E-state index contributed by atoms with van der Waals surface area (Å²) in [5.41, 5.74) is 3.40. The molecular weight excluding hydrogens is 543 g/mol. The highest BCUT2D eigenvalue weighted by Crippen LogP contribution is 2.24. The summed E-state index contributed by atoms with van der Waals surface area (Å²) in [4.78, 5) is 6.87. The van der Waals surface area contributed by atoms with E-state index in [1.165, 1.54) is 5.56 Å². The van der Waals surface area contributed by atoms with Gasteiger partial charge < -0.3 is 20.1 Å². The lowest BCUT2D eigenvalue weighted by Gasteiger charge is -2.20. The second-order valence-electron chi connectivity index (χ2n) is 8.09. The lowest BCUT2D eigenvalue weighted by Crippen LogP contribution is -2.44. The quantitative estimate of drug-likeness (QED) is 0.243. The summed E-state index contributed by atoms with van der Waals surface area (Å²) in [7, 11) is 5.17. The number of benzene rings is 2. The Kier molecular flexibility index (Phi) is 9.58. The van der Waals surface area contributed by atoms with Gasteiger partial charge in [-0.25, -0.2) is 4.68 Å². The summed E-state index contributed by atoms with van der Waals surface area (Å²) < 4.78 is 12.7. The molecule has 0 amide bonds. The zero-order chi connectivity index (χ0) is 23.0. The van der Waals surface area contributed by atoms with Crippen molar-refractivity contribution in [2.24, 2.45) is 4.99 Å². The number of hydrogen-bond acceptors (Lipinski definition) is 5. The lowest BCUT2D eigenvalue weighted by atomic mass is 10.2. The maximum atomic E-state index is 5.41. The third-order valence-corrected chi connectivity index (χ3v) is 5.84. The number of aliphatic imine (C=N–C) groups is 1. The third-order valence-electron chi connectivity index (χ3n) is 5.84. The Bertz CT molecular complexity index is 1050. The lowest BCUT2D eigenvalue weighted by molar-refractivity contribution is 0.321. The second-order valence-corrected chi connectivity index (χ2v) is 8.09. The first kappa shape index (κ1) is 25.8. The Hall–Kier alpha value is -2.79. The zero-order valence-corrected chi connectivity index (χ0v) is 22.2. The average Bonchev–Trinajstić information content (AvgIpc) is 3.54. The summed E-state index contributed by atoms with van der Waals surface area (Å²) in [6, 6.07) is 16.6. The van der Waals surface area contributed by atoms with E-state index in [-0.39, 0.29) is 24.0 Å². The monoisotopic (exact) mass is 576 g/mol. The van der Waals surface area contributed by atoms with Crippen molar-refractivity contribution in [2.75, 3.05) is 34.4 Å². The highest BCUT2D eigenvalue weighted by atomic mass is 127. The van der Waals surface area contributed by atoms with Crippen molar-refractivity contribution in [2.45, 2.75) is 25.6 Å². The van der Waals surface area contributed by atoms with Crippen LogP contribution < -0.4 is 20.1 Å². The summed E-state index contributed by atoms with van der Waals surface area (Å²) >= 11 is 0. The Morgan fingerprint density at radius 2 is 1.88 bits per heavy atom. The van der Waals surface area contributed by atoms with Crippen molar-refractivity contribution in [1.29, 1.82) is 0 Å². The van der Waals surface area contributed by atoms with E-state index >= 15 is 0 Å². The first-order valence-corrected chi connectivity index (χ1v) is 11.2. The fourth-order valence-electron chi connectivity index (χ4n) is 4.17. The molecule has 0 saturated carbocycles. The molecule has 1 unspecified atom stereocenters. The summed E-state index contributed by atoms with van der Waals surface area (Å²) in [6.07, 6.45) is 4.81. The van der Waals surface area contributed by atoms with Gasteiger partial charge in [-0.1, -0.05) is 18.2 Å². The second kappa shape index (κ2) is 12.6. The Balaban J connectivity index is 0.00000324. The third kappa shape index (κ3) is 6.63. The van der Waals surface area contributed by atoms with Crippen LogP contribution in [0, 0.1) is 0 Å². The molecule has 1 aliphatic rings. The van der Waals surface area contributed by atoms with Crippen LogP contribution >= 0.6 is 24.0 Å². The van der Waals surface area contributed by atoms with Crippen molar-refractivity contribution in [3.05, 3.63) is 72.1 Å². The molecule has 1 atom stereocenters. The van der Waals surface area contributed by atoms with Gasteiger partial charge in [0.2, 0.25) is 0 Å². The predicted octanol–water partition coefficient (Wildman–Crippen LogP) is 3.45. The van der Waals surface area contributed by atoms with Crippen molar-refractivity contribution >= 4 is 29.9 Å². The van der Waals surface area contributed by atoms with Crippen LogP contribution in [0.4, 0.5) is 0 Å². The molecule has 0 spiro atoms. The number of para-hydroxylation sites is 1. The highest BCUT2D eigenvalue weighted by molar-refractivity contribution is 14.0. The number of halogens is 1. The molecule has 1 aliphatic heterocycles. The smallest absolute Gasteiger partial charge is 0.191 e. The molecule has 182 valence electrons. The van der Waals surface area contributed by atoms with Gasteiger partial charge in [0.05, 0.1) is 19.9 Å². The van der Waals surface area contributed by atoms with E-state index in [1.54, 1.807) is 20.4 Å². The molecule has 2 heterocycles. The number of ether oxygens (including phenoxy) is 2. The van der Waals surface area contributed by atoms with Crippen LogP contribution in [0.2, 0.25) is 0 Å². The van der Waals surface area contributed by atoms with Gasteiger partial charge in [-0.15, -0.1) is 24.0 Å². The molecule has 0 bridgehead atoms. The number of aromatic nitrogens is 2. The number of nitrogens with zero attached hydrogens (tertiary/aromatic N) is 4. The zero-order valence-electron chi connectivity index (χ0n) is 19.9. The molecule has 2 N–H and O–H groups in total. The van der Waals surface area contributed by atoms with Crippen molar-refractivity contribution in [3.8, 4) is 17.2 Å². The van der Waals surface area contributed by atoms with Crippen molar-refractivity contribution in [3.63, 3.8) is 0 Å². The molecule has 2 aromatic carbocycles. The van der Waals surface area contributed by atoms with Crippen LogP contribution in [0.5, 0.6) is 11.5 Å². The molecule has 8 nitrogen and oxygen atoms in total. The predicted molar refractivity (Wildman–Crippen MR) is 146 cm³/mol. The SMILES string of the molecule is CN=C(NCc1ccccc1-n1cccn1)NC1CCN(Cc2cc(OC)cc(OC)c2)C1.I. The van der Waals surface area contributed by atoms with E-state index in [1.807, 2.05) is 42.2 Å². The molecule has 1 aromatic heterocycles. The summed E-state index contributed by atoms with van der Waals surface area (Å²) in [5, 5.41) is 11.4. The van der Waals surface area contributed by atoms with Crippen LogP contribution in [0.15, 0.2) is 65.9 Å². The molecule has 0 aliphatic carbocycles. The minimum atomic E-state index is 0. The number of rotatable bonds is 8. The molecular formula is C25H33IN6O2. The Morgan fingerprint density at radius 3 is 2.56 bits per heavy atom. The van der Waals surface area contributed by atoms with Gasteiger partial charge in [-0.05, 0) is 41.8 Å². The van der Waals surface area contributed by atoms with Gasteiger partial charge in [0.1, 0.15) is 11.5 Å². The number of nitrogens with one attached hydrogen (secondary N) is 2. The van der Waals surface area contributed by atoms with Gasteiger partial charge in [0, 0.05) is 57.7 Å². The van der Waals surface area contributed by atoms with Gasteiger partial charge in [-0.2, -0.15) is 5.10 Å². The minimum Gasteiger partial charge on any atom is -0.497 e. The van der Waals surface area contributed by atoms with Gasteiger partial charge in [0.15, 0.2) is 5.96 Å². The maximum Gasteiger partial charge on any atom is 0.191 e. The number of methoxy groups -OCH3 is 2. The van der Waals surface area contributed by atoms with Gasteiger partial charge in [0.25, 0.3) is 0 Å². The maximum absolute atomic E-state index is 5.41. The van der Waals surface area contributed by atoms with Gasteiger partial charge >= 0.3 is 0 Å². The van der Waals surface area contributed by atoms with E-state index < -0.39 is 0 Å². The fourth-order valence-corrected chi connectivity index (χ4v) is 4.17. The molecule has 9 heteroatoms. The first-order valence-electron chi connectivity index (χ1n) is 11.2. The Morgan fingerprint density at radius 1 is 1.12 bits per heavy atom. The Labute approximate surface area is 218 Å². The van der Waals surface area contributed by atoms with Crippen LogP contribution in [-0.4, -0.2) is 61.0 Å². The molecule has 0 radical (unpaired) electrons. The van der Waals surface area contributed by atoms with Crippen LogP contribution in [0.25, 0.3) is 5.69 Å². The van der Waals surface area contributed by atoms with E-state index in [2.05, 4.69) is 49.9 Å². The number of likely N-dealkylation sites (tertiary alicyclic amines) is 1. The highest BCUT2D eigenvalue weighted by Gasteiger charge is 2.23. The van der Waals surface area contributed by atoms with Gasteiger partial charge in [-0.3, -0.25) is 9.89 Å².